The van der Waals surface area contributed by atoms with Gasteiger partial charge in [0.15, 0.2) is 5.75 Å². The number of hydrogen-bond donors (Lipinski definition) is 1. The van der Waals surface area contributed by atoms with Crippen LogP contribution in [0.15, 0.2) is 22.7 Å². The van der Waals surface area contributed by atoms with Crippen molar-refractivity contribution in [2.24, 2.45) is 0 Å². The predicted octanol–water partition coefficient (Wildman–Crippen LogP) is 5.73. The van der Waals surface area contributed by atoms with Gasteiger partial charge in [-0.05, 0) is 31.0 Å². The van der Waals surface area contributed by atoms with Gasteiger partial charge in [0.2, 0.25) is 0 Å². The molecule has 1 aromatic carbocycles. The fraction of sp³-hybridized carbons (Fsp3) is 0.571. The van der Waals surface area contributed by atoms with Crippen LogP contribution in [0.3, 0.4) is 0 Å². The number of anilines is 1. The van der Waals surface area contributed by atoms with Crippen molar-refractivity contribution in [1.82, 2.24) is 0 Å². The molecule has 0 atom stereocenters. The Labute approximate surface area is 125 Å². The molecule has 0 aromatic heterocycles. The molecule has 0 aliphatic heterocycles. The van der Waals surface area contributed by atoms with Gasteiger partial charge in [0.05, 0.1) is 5.69 Å². The van der Waals surface area contributed by atoms with Crippen LogP contribution in [0, 0.1) is 0 Å². The van der Waals surface area contributed by atoms with E-state index < -0.39 is 6.36 Å². The lowest BCUT2D eigenvalue weighted by Gasteiger charge is -2.21. The number of nitrogens with one attached hydrogen (secondary N) is 1. The molecule has 1 rings (SSSR count). The molecule has 1 N–H and O–H groups in total. The molecule has 2 nitrogen and oxygen atoms in total. The highest BCUT2D eigenvalue weighted by Gasteiger charge is 2.32. The summed E-state index contributed by atoms with van der Waals surface area (Å²) in [6, 6.07) is 4.77. The van der Waals surface area contributed by atoms with E-state index in [1.165, 1.54) is 6.07 Å². The normalized spacial score (nSPS) is 11.8. The minimum Gasteiger partial charge on any atom is -0.404 e. The van der Waals surface area contributed by atoms with Crippen molar-refractivity contribution in [3.63, 3.8) is 0 Å². The van der Waals surface area contributed by atoms with Crippen molar-refractivity contribution in [2.45, 2.75) is 51.9 Å². The van der Waals surface area contributed by atoms with Gasteiger partial charge in [-0.3, -0.25) is 0 Å². The topological polar surface area (TPSA) is 21.3 Å². The molecule has 0 amide bonds. The Hall–Kier alpha value is -0.910. The maximum absolute atomic E-state index is 12.4. The first-order valence-corrected chi connectivity index (χ1v) is 7.46. The SMILES string of the molecule is CCCC(CCC)Nc1ccc(Br)cc1OC(F)(F)F. The van der Waals surface area contributed by atoms with E-state index in [2.05, 4.69) is 39.8 Å². The molecular weight excluding hydrogens is 335 g/mol. The van der Waals surface area contributed by atoms with Crippen molar-refractivity contribution in [1.29, 1.82) is 0 Å². The fourth-order valence-electron chi connectivity index (χ4n) is 2.03. The average molecular weight is 354 g/mol. The average Bonchev–Trinajstić information content (AvgIpc) is 2.31. The van der Waals surface area contributed by atoms with Gasteiger partial charge < -0.3 is 10.1 Å². The smallest absolute Gasteiger partial charge is 0.404 e. The second-order valence-corrected chi connectivity index (χ2v) is 5.52. The number of hydrogen-bond acceptors (Lipinski definition) is 2. The zero-order chi connectivity index (χ0) is 15.2. The van der Waals surface area contributed by atoms with Crippen molar-refractivity contribution < 1.29 is 17.9 Å². The van der Waals surface area contributed by atoms with Crippen LogP contribution in [0.4, 0.5) is 18.9 Å². The largest absolute Gasteiger partial charge is 0.573 e. The number of ether oxygens (including phenoxy) is 1. The fourth-order valence-corrected chi connectivity index (χ4v) is 2.37. The molecule has 0 fully saturated rings. The van der Waals surface area contributed by atoms with Gasteiger partial charge in [-0.15, -0.1) is 13.2 Å². The molecule has 1 aromatic rings. The van der Waals surface area contributed by atoms with Gasteiger partial charge in [0, 0.05) is 10.5 Å². The zero-order valence-electron chi connectivity index (χ0n) is 11.6. The maximum Gasteiger partial charge on any atom is 0.573 e. The molecule has 0 heterocycles. The van der Waals surface area contributed by atoms with Gasteiger partial charge in [-0.1, -0.05) is 42.6 Å². The Balaban J connectivity index is 2.92. The van der Waals surface area contributed by atoms with E-state index in [-0.39, 0.29) is 11.8 Å². The van der Waals surface area contributed by atoms with Gasteiger partial charge in [-0.25, -0.2) is 0 Å². The second kappa shape index (κ2) is 7.76. The highest BCUT2D eigenvalue weighted by Crippen LogP contribution is 2.34. The Morgan fingerprint density at radius 1 is 1.20 bits per heavy atom. The van der Waals surface area contributed by atoms with Gasteiger partial charge >= 0.3 is 6.36 Å². The molecule has 0 aliphatic rings. The highest BCUT2D eigenvalue weighted by molar-refractivity contribution is 9.10. The Morgan fingerprint density at radius 3 is 2.30 bits per heavy atom. The van der Waals surface area contributed by atoms with Crippen LogP contribution in [0.25, 0.3) is 0 Å². The molecule has 20 heavy (non-hydrogen) atoms. The van der Waals surface area contributed by atoms with Crippen LogP contribution in [-0.4, -0.2) is 12.4 Å². The number of alkyl halides is 3. The van der Waals surface area contributed by atoms with Crippen LogP contribution in [0.1, 0.15) is 39.5 Å². The lowest BCUT2D eigenvalue weighted by atomic mass is 10.1. The van der Waals surface area contributed by atoms with E-state index in [1.807, 2.05) is 0 Å². The Bertz CT molecular complexity index is 417. The summed E-state index contributed by atoms with van der Waals surface area (Å²) in [5, 5.41) is 3.15. The molecule has 114 valence electrons. The Morgan fingerprint density at radius 2 is 1.80 bits per heavy atom. The molecule has 0 radical (unpaired) electrons. The summed E-state index contributed by atoms with van der Waals surface area (Å²) in [6.07, 6.45) is -0.916. The van der Waals surface area contributed by atoms with E-state index in [9.17, 15) is 13.2 Å². The second-order valence-electron chi connectivity index (χ2n) is 4.61. The van der Waals surface area contributed by atoms with Crippen molar-refractivity contribution >= 4 is 21.6 Å². The number of rotatable bonds is 7. The van der Waals surface area contributed by atoms with Gasteiger partial charge in [0.25, 0.3) is 0 Å². The van der Waals surface area contributed by atoms with E-state index >= 15 is 0 Å². The molecule has 0 bridgehead atoms. The molecule has 0 saturated carbocycles. The van der Waals surface area contributed by atoms with E-state index in [1.54, 1.807) is 12.1 Å². The van der Waals surface area contributed by atoms with Crippen molar-refractivity contribution in [3.05, 3.63) is 22.7 Å². The summed E-state index contributed by atoms with van der Waals surface area (Å²) in [5.41, 5.74) is 0.373. The molecule has 0 spiro atoms. The number of halogens is 4. The first-order chi connectivity index (χ1) is 9.35. The summed E-state index contributed by atoms with van der Waals surface area (Å²) in [4.78, 5) is 0. The van der Waals surface area contributed by atoms with Crippen molar-refractivity contribution in [3.8, 4) is 5.75 Å². The van der Waals surface area contributed by atoms with Crippen LogP contribution < -0.4 is 10.1 Å². The molecule has 0 saturated heterocycles. The monoisotopic (exact) mass is 353 g/mol. The van der Waals surface area contributed by atoms with Crippen LogP contribution in [0.2, 0.25) is 0 Å². The minimum atomic E-state index is -4.69. The van der Waals surface area contributed by atoms with Crippen LogP contribution >= 0.6 is 15.9 Å². The molecule has 6 heteroatoms. The summed E-state index contributed by atoms with van der Waals surface area (Å²) >= 11 is 3.16. The predicted molar refractivity (Wildman–Crippen MR) is 78.1 cm³/mol. The lowest BCUT2D eigenvalue weighted by Crippen LogP contribution is -2.22. The van der Waals surface area contributed by atoms with Crippen LogP contribution in [0.5, 0.6) is 5.75 Å². The summed E-state index contributed by atoms with van der Waals surface area (Å²) in [5.74, 6) is -0.205. The standard InChI is InChI=1S/C14H19BrF3NO/c1-3-5-11(6-4-2)19-12-8-7-10(15)9-13(12)20-14(16,17)18/h7-9,11,19H,3-6H2,1-2H3. The number of benzene rings is 1. The van der Waals surface area contributed by atoms with E-state index in [4.69, 9.17) is 0 Å². The summed E-state index contributed by atoms with van der Waals surface area (Å²) in [6.45, 7) is 4.11. The third-order valence-electron chi connectivity index (χ3n) is 2.80. The van der Waals surface area contributed by atoms with E-state index in [0.29, 0.717) is 10.2 Å². The van der Waals surface area contributed by atoms with Crippen molar-refractivity contribution in [2.75, 3.05) is 5.32 Å². The Kier molecular flexibility index (Phi) is 6.65. The highest BCUT2D eigenvalue weighted by atomic mass is 79.9. The first kappa shape index (κ1) is 17.1. The quantitative estimate of drug-likeness (QED) is 0.675. The zero-order valence-corrected chi connectivity index (χ0v) is 13.1. The van der Waals surface area contributed by atoms with Gasteiger partial charge in [-0.2, -0.15) is 0 Å². The summed E-state index contributed by atoms with van der Waals surface area (Å²) < 4.78 is 41.9. The van der Waals surface area contributed by atoms with Gasteiger partial charge in [0.1, 0.15) is 0 Å². The minimum absolute atomic E-state index is 0.154. The molecule has 0 aliphatic carbocycles. The summed E-state index contributed by atoms with van der Waals surface area (Å²) in [7, 11) is 0. The third kappa shape index (κ3) is 6.03. The van der Waals surface area contributed by atoms with Crippen LogP contribution in [-0.2, 0) is 0 Å². The molecule has 0 unspecified atom stereocenters. The first-order valence-electron chi connectivity index (χ1n) is 6.67. The van der Waals surface area contributed by atoms with E-state index in [0.717, 1.165) is 25.7 Å². The molecular formula is C14H19BrF3NO. The lowest BCUT2D eigenvalue weighted by molar-refractivity contribution is -0.274. The third-order valence-corrected chi connectivity index (χ3v) is 3.30. The maximum atomic E-state index is 12.4.